The predicted molar refractivity (Wildman–Crippen MR) is 142 cm³/mol. The Morgan fingerprint density at radius 1 is 1.03 bits per heavy atom. The Balaban J connectivity index is 1.04. The summed E-state index contributed by atoms with van der Waals surface area (Å²) in [5, 5.41) is 13.8. The van der Waals surface area contributed by atoms with Crippen molar-refractivity contribution in [2.24, 2.45) is 23.7 Å². The zero-order chi connectivity index (χ0) is 23.1. The fraction of sp³-hybridized carbons (Fsp3) is 0.536. The molecule has 3 saturated carbocycles. The van der Waals surface area contributed by atoms with E-state index in [1.807, 2.05) is 25.1 Å². The Morgan fingerprint density at radius 3 is 2.59 bits per heavy atom. The van der Waals surface area contributed by atoms with E-state index in [0.717, 1.165) is 55.6 Å². The Morgan fingerprint density at radius 2 is 1.79 bits per heavy atom. The molecule has 34 heavy (non-hydrogen) atoms. The van der Waals surface area contributed by atoms with E-state index in [1.54, 1.807) is 23.1 Å². The number of anilines is 1. The minimum Gasteiger partial charge on any atom is -0.494 e. The molecule has 4 nitrogen and oxygen atoms in total. The lowest BCUT2D eigenvalue weighted by Gasteiger charge is -2.28. The highest BCUT2D eigenvalue weighted by atomic mass is 32.2. The lowest BCUT2D eigenvalue weighted by Crippen LogP contribution is -2.21. The smallest absolute Gasteiger partial charge is 0.151 e. The molecule has 1 heterocycles. The molecule has 2 aromatic carbocycles. The summed E-state index contributed by atoms with van der Waals surface area (Å²) in [5.74, 6) is 6.12. The van der Waals surface area contributed by atoms with Crippen molar-refractivity contribution in [3.05, 3.63) is 48.0 Å². The quantitative estimate of drug-likeness (QED) is 0.257. The maximum atomic E-state index is 10.6. The summed E-state index contributed by atoms with van der Waals surface area (Å²) in [6.45, 7) is 2.65. The number of aliphatic hydroxyl groups excluding tert-OH is 1. The van der Waals surface area contributed by atoms with Crippen LogP contribution in [0.4, 0.5) is 5.69 Å². The minimum atomic E-state index is -0.620. The van der Waals surface area contributed by atoms with Gasteiger partial charge in [-0.2, -0.15) is 0 Å². The fourth-order valence-electron chi connectivity index (χ4n) is 6.87. The van der Waals surface area contributed by atoms with E-state index in [0.29, 0.717) is 12.4 Å². The van der Waals surface area contributed by atoms with Crippen molar-refractivity contribution in [2.75, 3.05) is 17.7 Å². The van der Waals surface area contributed by atoms with Gasteiger partial charge in [0.25, 0.3) is 0 Å². The van der Waals surface area contributed by atoms with Gasteiger partial charge in [0.15, 0.2) is 4.34 Å². The first-order chi connectivity index (χ1) is 16.6. The van der Waals surface area contributed by atoms with Gasteiger partial charge < -0.3 is 15.2 Å². The monoisotopic (exact) mass is 494 g/mol. The van der Waals surface area contributed by atoms with E-state index < -0.39 is 6.23 Å². The van der Waals surface area contributed by atoms with E-state index in [1.165, 1.54) is 44.1 Å². The molecule has 0 saturated heterocycles. The predicted octanol–water partition coefficient (Wildman–Crippen LogP) is 7.15. The maximum absolute atomic E-state index is 10.6. The molecule has 6 atom stereocenters. The summed E-state index contributed by atoms with van der Waals surface area (Å²) >= 11 is 3.24. The van der Waals surface area contributed by atoms with Gasteiger partial charge in [0, 0.05) is 11.4 Å². The zero-order valence-electron chi connectivity index (χ0n) is 19.8. The molecule has 3 fully saturated rings. The summed E-state index contributed by atoms with van der Waals surface area (Å²) in [6.07, 6.45) is 8.12. The third-order valence-electron chi connectivity index (χ3n) is 8.18. The number of hydrogen-bond acceptors (Lipinski definition) is 6. The van der Waals surface area contributed by atoms with Crippen LogP contribution < -0.4 is 10.1 Å². The number of rotatable bonds is 8. The normalized spacial score (nSPS) is 28.7. The number of ether oxygens (including phenoxy) is 1. The molecule has 2 N–H and O–H groups in total. The van der Waals surface area contributed by atoms with Crippen molar-refractivity contribution >= 4 is 39.0 Å². The van der Waals surface area contributed by atoms with Crippen LogP contribution in [0.2, 0.25) is 0 Å². The Labute approximate surface area is 210 Å². The van der Waals surface area contributed by atoms with Gasteiger partial charge in [-0.15, -0.1) is 11.3 Å². The average Bonchev–Trinajstić information content (AvgIpc) is 3.32. The second kappa shape index (κ2) is 9.71. The molecule has 180 valence electrons. The van der Waals surface area contributed by atoms with Gasteiger partial charge in [-0.1, -0.05) is 23.9 Å². The summed E-state index contributed by atoms with van der Waals surface area (Å²) in [5.41, 5.74) is 3.46. The van der Waals surface area contributed by atoms with Crippen LogP contribution in [0.25, 0.3) is 10.2 Å². The molecule has 6 unspecified atom stereocenters. The van der Waals surface area contributed by atoms with Gasteiger partial charge in [0.05, 0.1) is 16.8 Å². The molecule has 1 aromatic heterocycles. The third-order valence-corrected chi connectivity index (χ3v) is 10.4. The summed E-state index contributed by atoms with van der Waals surface area (Å²) in [4.78, 5) is 4.68. The fourth-order valence-corrected chi connectivity index (χ4v) is 8.85. The Hall–Kier alpha value is -1.76. The molecule has 3 aliphatic carbocycles. The highest BCUT2D eigenvalue weighted by Crippen LogP contribution is 2.56. The lowest BCUT2D eigenvalue weighted by molar-refractivity contribution is 0.229. The highest BCUT2D eigenvalue weighted by Gasteiger charge is 2.44. The number of benzene rings is 2. The summed E-state index contributed by atoms with van der Waals surface area (Å²) in [7, 11) is 0. The standard InChI is InChI=1S/C28H34N2O2S2/c1-2-32-24-7-8-25-26(15-24)34-28(30-25)33-16-27(31)29-23-5-3-19(4-6-23)21-12-17-9-18-11-20(10-17)22(13-18)14-21/h3-8,15,17-18,20-22,27,29,31H,2,9-14,16H2,1H3. The van der Waals surface area contributed by atoms with E-state index in [2.05, 4.69) is 34.6 Å². The van der Waals surface area contributed by atoms with Crippen LogP contribution in [0.5, 0.6) is 5.75 Å². The van der Waals surface area contributed by atoms with Gasteiger partial charge >= 0.3 is 0 Å². The number of fused-ring (bicyclic) bond motifs is 3. The van der Waals surface area contributed by atoms with Crippen molar-refractivity contribution in [3.8, 4) is 5.75 Å². The van der Waals surface area contributed by atoms with Gasteiger partial charge in [-0.05, 0) is 111 Å². The van der Waals surface area contributed by atoms with Gasteiger partial charge in [0.1, 0.15) is 12.0 Å². The largest absolute Gasteiger partial charge is 0.494 e. The molecule has 3 aromatic rings. The van der Waals surface area contributed by atoms with Crippen LogP contribution in [0.3, 0.4) is 0 Å². The first-order valence-electron chi connectivity index (χ1n) is 12.8. The van der Waals surface area contributed by atoms with E-state index in [4.69, 9.17) is 4.74 Å². The highest BCUT2D eigenvalue weighted by molar-refractivity contribution is 8.01. The molecule has 6 heteroatoms. The Kier molecular flexibility index (Phi) is 6.48. The molecule has 0 aliphatic heterocycles. The van der Waals surface area contributed by atoms with Crippen LogP contribution in [0.15, 0.2) is 46.8 Å². The van der Waals surface area contributed by atoms with Gasteiger partial charge in [-0.25, -0.2) is 4.98 Å². The van der Waals surface area contributed by atoms with Gasteiger partial charge in [0.2, 0.25) is 0 Å². The first-order valence-corrected chi connectivity index (χ1v) is 14.6. The van der Waals surface area contributed by atoms with Gasteiger partial charge in [-0.3, -0.25) is 0 Å². The maximum Gasteiger partial charge on any atom is 0.151 e. The van der Waals surface area contributed by atoms with E-state index in [9.17, 15) is 5.11 Å². The Bertz CT molecular complexity index is 1130. The topological polar surface area (TPSA) is 54.4 Å². The van der Waals surface area contributed by atoms with Crippen molar-refractivity contribution in [1.29, 1.82) is 0 Å². The lowest BCUT2D eigenvalue weighted by atomic mass is 9.77. The first kappa shape index (κ1) is 22.7. The molecule has 0 spiro atoms. The van der Waals surface area contributed by atoms with Crippen LogP contribution in [0.1, 0.15) is 56.9 Å². The average molecular weight is 495 g/mol. The molecule has 0 radical (unpaired) electrons. The molecule has 3 aliphatic rings. The number of hydrogen-bond donors (Lipinski definition) is 2. The van der Waals surface area contributed by atoms with Crippen molar-refractivity contribution in [1.82, 2.24) is 4.98 Å². The third kappa shape index (κ3) is 4.82. The van der Waals surface area contributed by atoms with Crippen molar-refractivity contribution in [2.45, 2.75) is 61.9 Å². The number of thiazole rings is 1. The molecule has 3 bridgehead atoms. The molecular formula is C28H34N2O2S2. The molecule has 0 amide bonds. The number of aromatic nitrogens is 1. The summed E-state index contributed by atoms with van der Waals surface area (Å²) < 4.78 is 7.67. The number of nitrogens with one attached hydrogen (secondary N) is 1. The van der Waals surface area contributed by atoms with E-state index >= 15 is 0 Å². The van der Waals surface area contributed by atoms with Crippen molar-refractivity contribution in [3.63, 3.8) is 0 Å². The van der Waals surface area contributed by atoms with Crippen LogP contribution >= 0.6 is 23.1 Å². The number of thioether (sulfide) groups is 1. The number of nitrogens with zero attached hydrogens (tertiary/aromatic N) is 1. The summed E-state index contributed by atoms with van der Waals surface area (Å²) in [6, 6.07) is 14.9. The molecule has 6 rings (SSSR count). The zero-order valence-corrected chi connectivity index (χ0v) is 21.4. The van der Waals surface area contributed by atoms with Crippen molar-refractivity contribution < 1.29 is 9.84 Å². The second-order valence-electron chi connectivity index (χ2n) is 10.5. The molecular weight excluding hydrogens is 460 g/mol. The van der Waals surface area contributed by atoms with Crippen LogP contribution in [-0.4, -0.2) is 28.7 Å². The van der Waals surface area contributed by atoms with Crippen LogP contribution in [-0.2, 0) is 0 Å². The van der Waals surface area contributed by atoms with E-state index in [-0.39, 0.29) is 0 Å². The number of aliphatic hydroxyl groups is 1. The minimum absolute atomic E-state index is 0.550. The van der Waals surface area contributed by atoms with Crippen LogP contribution in [0, 0.1) is 23.7 Å². The second-order valence-corrected chi connectivity index (χ2v) is 12.8. The SMILES string of the molecule is CCOc1ccc2nc(SCC(O)Nc3ccc(C4CC5CC6CC(C5)C(C6)C4)cc3)sc2c1.